The molecule has 0 heterocycles. The summed E-state index contributed by atoms with van der Waals surface area (Å²) in [5.41, 5.74) is 2.10. The highest BCUT2D eigenvalue weighted by Gasteiger charge is 2.09. The molecule has 0 atom stereocenters. The summed E-state index contributed by atoms with van der Waals surface area (Å²) in [6.45, 7) is 0. The smallest absolute Gasteiger partial charge is 0.336 e. The first kappa shape index (κ1) is 17.1. The first-order valence-electron chi connectivity index (χ1n) is 6.95. The Morgan fingerprint density at radius 2 is 1.79 bits per heavy atom. The van der Waals surface area contributed by atoms with Gasteiger partial charge in [-0.05, 0) is 29.8 Å². The Kier molecular flexibility index (Phi) is 6.01. The van der Waals surface area contributed by atoms with E-state index < -0.39 is 5.97 Å². The SMILES string of the molecule is N#CC(C#N)=CNc1ccc(CSc2ccccc2C(=O)O)cc1. The Morgan fingerprint density at radius 1 is 1.12 bits per heavy atom. The number of rotatable bonds is 6. The summed E-state index contributed by atoms with van der Waals surface area (Å²) in [4.78, 5) is 11.9. The van der Waals surface area contributed by atoms with Gasteiger partial charge in [-0.1, -0.05) is 24.3 Å². The molecular formula is C18H13N3O2S. The number of hydrogen-bond donors (Lipinski definition) is 2. The van der Waals surface area contributed by atoms with E-state index >= 15 is 0 Å². The third-order valence-electron chi connectivity index (χ3n) is 3.09. The molecule has 0 saturated carbocycles. The topological polar surface area (TPSA) is 96.9 Å². The Labute approximate surface area is 143 Å². The minimum Gasteiger partial charge on any atom is -0.478 e. The molecule has 0 spiro atoms. The molecular weight excluding hydrogens is 322 g/mol. The van der Waals surface area contributed by atoms with Crippen LogP contribution in [0, 0.1) is 22.7 Å². The Morgan fingerprint density at radius 3 is 2.42 bits per heavy atom. The van der Waals surface area contributed by atoms with Crippen LogP contribution in [0.5, 0.6) is 0 Å². The fourth-order valence-electron chi connectivity index (χ4n) is 1.87. The summed E-state index contributed by atoms with van der Waals surface area (Å²) in [6, 6.07) is 17.9. The number of carboxylic acid groups (broad SMARTS) is 1. The maximum absolute atomic E-state index is 11.2. The lowest BCUT2D eigenvalue weighted by Gasteiger charge is -2.07. The first-order valence-corrected chi connectivity index (χ1v) is 7.93. The Hall–Kier alpha value is -3.22. The molecule has 2 rings (SSSR count). The van der Waals surface area contributed by atoms with Gasteiger partial charge >= 0.3 is 5.97 Å². The average molecular weight is 335 g/mol. The highest BCUT2D eigenvalue weighted by molar-refractivity contribution is 7.98. The molecule has 0 amide bonds. The van der Waals surface area contributed by atoms with Crippen LogP contribution in [-0.2, 0) is 5.75 Å². The van der Waals surface area contributed by atoms with E-state index in [1.54, 1.807) is 30.3 Å². The van der Waals surface area contributed by atoms with Gasteiger partial charge in [0.25, 0.3) is 0 Å². The number of hydrogen-bond acceptors (Lipinski definition) is 5. The van der Waals surface area contributed by atoms with Crippen molar-refractivity contribution in [3.63, 3.8) is 0 Å². The standard InChI is InChI=1S/C18H13N3O2S/c19-9-14(10-20)11-21-15-7-5-13(6-8-15)12-24-17-4-2-1-3-16(17)18(22)23/h1-8,11,21H,12H2,(H,22,23). The normalized spacial score (nSPS) is 9.42. The largest absolute Gasteiger partial charge is 0.478 e. The van der Waals surface area contributed by atoms with Crippen molar-refractivity contribution in [2.75, 3.05) is 5.32 Å². The fourth-order valence-corrected chi connectivity index (χ4v) is 2.87. The fraction of sp³-hybridized carbons (Fsp3) is 0.0556. The number of carboxylic acids is 1. The van der Waals surface area contributed by atoms with Gasteiger partial charge in [0.05, 0.1) is 5.56 Å². The van der Waals surface area contributed by atoms with Gasteiger partial charge in [-0.3, -0.25) is 0 Å². The van der Waals surface area contributed by atoms with Gasteiger partial charge < -0.3 is 10.4 Å². The van der Waals surface area contributed by atoms with Crippen LogP contribution in [0.1, 0.15) is 15.9 Å². The number of nitrogens with one attached hydrogen (secondary N) is 1. The van der Waals surface area contributed by atoms with E-state index in [0.29, 0.717) is 11.3 Å². The number of nitriles is 2. The second kappa shape index (κ2) is 8.42. The number of aromatic carboxylic acids is 1. The van der Waals surface area contributed by atoms with Crippen LogP contribution in [-0.4, -0.2) is 11.1 Å². The lowest BCUT2D eigenvalue weighted by Crippen LogP contribution is -1.98. The number of thioether (sulfide) groups is 1. The van der Waals surface area contributed by atoms with E-state index in [9.17, 15) is 9.90 Å². The van der Waals surface area contributed by atoms with Crippen molar-refractivity contribution in [1.82, 2.24) is 0 Å². The summed E-state index contributed by atoms with van der Waals surface area (Å²) in [7, 11) is 0. The maximum atomic E-state index is 11.2. The van der Waals surface area contributed by atoms with E-state index in [0.717, 1.165) is 16.1 Å². The Bertz CT molecular complexity index is 830. The van der Waals surface area contributed by atoms with Crippen LogP contribution in [0.3, 0.4) is 0 Å². The van der Waals surface area contributed by atoms with Crippen LogP contribution < -0.4 is 5.32 Å². The molecule has 0 aliphatic carbocycles. The van der Waals surface area contributed by atoms with Crippen molar-refractivity contribution in [2.24, 2.45) is 0 Å². The lowest BCUT2D eigenvalue weighted by molar-refractivity contribution is 0.0693. The quantitative estimate of drug-likeness (QED) is 0.611. The van der Waals surface area contributed by atoms with Gasteiger partial charge in [0.15, 0.2) is 0 Å². The molecule has 0 fully saturated rings. The average Bonchev–Trinajstić information content (AvgIpc) is 2.62. The van der Waals surface area contributed by atoms with Gasteiger partial charge in [0.1, 0.15) is 17.7 Å². The van der Waals surface area contributed by atoms with Crippen molar-refractivity contribution >= 4 is 23.4 Å². The molecule has 2 aromatic carbocycles. The molecule has 0 aliphatic heterocycles. The second-order valence-corrected chi connectivity index (χ2v) is 5.73. The van der Waals surface area contributed by atoms with Crippen molar-refractivity contribution < 1.29 is 9.90 Å². The summed E-state index contributed by atoms with van der Waals surface area (Å²) in [6.07, 6.45) is 1.35. The summed E-state index contributed by atoms with van der Waals surface area (Å²) in [5, 5.41) is 29.4. The van der Waals surface area contributed by atoms with Crippen LogP contribution in [0.4, 0.5) is 5.69 Å². The third-order valence-corrected chi connectivity index (χ3v) is 4.23. The highest BCUT2D eigenvalue weighted by atomic mass is 32.2. The molecule has 0 bridgehead atoms. The van der Waals surface area contributed by atoms with Gasteiger partial charge in [-0.25, -0.2) is 4.79 Å². The summed E-state index contributed by atoms with van der Waals surface area (Å²) in [5.74, 6) is -0.294. The molecule has 0 aromatic heterocycles. The summed E-state index contributed by atoms with van der Waals surface area (Å²) < 4.78 is 0. The molecule has 5 nitrogen and oxygen atoms in total. The minimum atomic E-state index is -0.935. The van der Waals surface area contributed by atoms with Crippen LogP contribution >= 0.6 is 11.8 Å². The van der Waals surface area contributed by atoms with E-state index in [1.165, 1.54) is 18.0 Å². The van der Waals surface area contributed by atoms with Crippen molar-refractivity contribution in [1.29, 1.82) is 10.5 Å². The predicted molar refractivity (Wildman–Crippen MR) is 92.3 cm³/mol. The van der Waals surface area contributed by atoms with Crippen LogP contribution in [0.2, 0.25) is 0 Å². The number of anilines is 1. The summed E-state index contributed by atoms with van der Waals surface area (Å²) >= 11 is 1.46. The van der Waals surface area contributed by atoms with Gasteiger partial charge in [0.2, 0.25) is 0 Å². The molecule has 118 valence electrons. The zero-order valence-electron chi connectivity index (χ0n) is 12.6. The minimum absolute atomic E-state index is 0.0000836. The molecule has 0 radical (unpaired) electrons. The van der Waals surface area contributed by atoms with Crippen molar-refractivity contribution in [3.05, 3.63) is 71.4 Å². The third kappa shape index (κ3) is 4.64. The lowest BCUT2D eigenvalue weighted by atomic mass is 10.2. The van der Waals surface area contributed by atoms with E-state index in [-0.39, 0.29) is 5.57 Å². The molecule has 24 heavy (non-hydrogen) atoms. The zero-order chi connectivity index (χ0) is 17.4. The van der Waals surface area contributed by atoms with Gasteiger partial charge in [0, 0.05) is 22.5 Å². The molecule has 0 unspecified atom stereocenters. The van der Waals surface area contributed by atoms with Crippen LogP contribution in [0.25, 0.3) is 0 Å². The van der Waals surface area contributed by atoms with Gasteiger partial charge in [-0.15, -0.1) is 11.8 Å². The van der Waals surface area contributed by atoms with E-state index in [1.807, 2.05) is 30.3 Å². The maximum Gasteiger partial charge on any atom is 0.336 e. The predicted octanol–water partition coefficient (Wildman–Crippen LogP) is 4.02. The van der Waals surface area contributed by atoms with Crippen molar-refractivity contribution in [2.45, 2.75) is 10.6 Å². The highest BCUT2D eigenvalue weighted by Crippen LogP contribution is 2.26. The van der Waals surface area contributed by atoms with Gasteiger partial charge in [-0.2, -0.15) is 10.5 Å². The molecule has 2 aromatic rings. The number of benzene rings is 2. The van der Waals surface area contributed by atoms with E-state index in [2.05, 4.69) is 5.32 Å². The van der Waals surface area contributed by atoms with Crippen molar-refractivity contribution in [3.8, 4) is 12.1 Å². The van der Waals surface area contributed by atoms with E-state index in [4.69, 9.17) is 10.5 Å². The number of carbonyl (C=O) groups is 1. The number of nitrogens with zero attached hydrogens (tertiary/aromatic N) is 2. The monoisotopic (exact) mass is 335 g/mol. The molecule has 0 saturated heterocycles. The second-order valence-electron chi connectivity index (χ2n) is 4.71. The zero-order valence-corrected chi connectivity index (χ0v) is 13.4. The molecule has 0 aliphatic rings. The van der Waals surface area contributed by atoms with Crippen LogP contribution in [0.15, 0.2) is 65.2 Å². The number of allylic oxidation sites excluding steroid dienone is 1. The first-order chi connectivity index (χ1) is 11.6. The molecule has 2 N–H and O–H groups in total. The molecule has 6 heteroatoms. The Balaban J connectivity index is 2.01.